The minimum atomic E-state index is 0.477. The molecule has 2 N–H and O–H groups in total. The second-order valence-electron chi connectivity index (χ2n) is 5.17. The lowest BCUT2D eigenvalue weighted by Gasteiger charge is -2.40. The summed E-state index contributed by atoms with van der Waals surface area (Å²) in [5, 5.41) is 0. The molecule has 0 bridgehead atoms. The Hall–Kier alpha value is -1.13. The number of anilines is 1. The van der Waals surface area contributed by atoms with Crippen molar-refractivity contribution >= 4 is 22.9 Å². The van der Waals surface area contributed by atoms with Crippen molar-refractivity contribution in [2.75, 3.05) is 31.6 Å². The number of nitrogens with two attached hydrogens (primary N) is 1. The summed E-state index contributed by atoms with van der Waals surface area (Å²) in [7, 11) is 2.18. The van der Waals surface area contributed by atoms with Gasteiger partial charge in [-0.05, 0) is 44.7 Å². The quantitative estimate of drug-likeness (QED) is 0.824. The van der Waals surface area contributed by atoms with E-state index in [1.807, 2.05) is 6.07 Å². The van der Waals surface area contributed by atoms with Crippen molar-refractivity contribution in [1.29, 1.82) is 0 Å². The molecule has 0 aromatic heterocycles. The molecule has 1 aromatic rings. The number of hydrogen-bond acceptors (Lipinski definition) is 3. The third kappa shape index (κ3) is 2.65. The first-order valence-electron chi connectivity index (χ1n) is 6.34. The summed E-state index contributed by atoms with van der Waals surface area (Å²) < 4.78 is 0. The van der Waals surface area contributed by atoms with Gasteiger partial charge in [-0.15, -0.1) is 0 Å². The van der Waals surface area contributed by atoms with E-state index in [-0.39, 0.29) is 0 Å². The average Bonchev–Trinajstić information content (AvgIpc) is 2.28. The molecule has 3 nitrogen and oxygen atoms in total. The van der Waals surface area contributed by atoms with Crippen molar-refractivity contribution in [3.05, 3.63) is 29.3 Å². The van der Waals surface area contributed by atoms with Crippen LogP contribution in [0.3, 0.4) is 0 Å². The molecule has 1 aromatic carbocycles. The zero-order chi connectivity index (χ0) is 13.3. The molecular weight excluding hydrogens is 242 g/mol. The second-order valence-corrected chi connectivity index (χ2v) is 5.61. The summed E-state index contributed by atoms with van der Waals surface area (Å²) in [5.74, 6) is 0. The van der Waals surface area contributed by atoms with Crippen LogP contribution in [0.1, 0.15) is 18.1 Å². The molecule has 1 unspecified atom stereocenters. The first-order chi connectivity index (χ1) is 8.49. The van der Waals surface area contributed by atoms with E-state index >= 15 is 0 Å². The molecule has 1 saturated heterocycles. The van der Waals surface area contributed by atoms with Crippen molar-refractivity contribution in [2.45, 2.75) is 19.9 Å². The highest BCUT2D eigenvalue weighted by atomic mass is 32.1. The van der Waals surface area contributed by atoms with Crippen LogP contribution in [0.4, 0.5) is 5.69 Å². The Morgan fingerprint density at radius 2 is 2.11 bits per heavy atom. The fraction of sp³-hybridized carbons (Fsp3) is 0.500. The van der Waals surface area contributed by atoms with Gasteiger partial charge in [0.1, 0.15) is 4.99 Å². The van der Waals surface area contributed by atoms with Crippen molar-refractivity contribution in [1.82, 2.24) is 4.90 Å². The Balaban J connectivity index is 2.24. The molecule has 1 fully saturated rings. The number of piperazine rings is 1. The van der Waals surface area contributed by atoms with Crippen LogP contribution < -0.4 is 10.6 Å². The summed E-state index contributed by atoms with van der Waals surface area (Å²) in [6, 6.07) is 6.90. The van der Waals surface area contributed by atoms with Crippen LogP contribution in [0.2, 0.25) is 0 Å². The van der Waals surface area contributed by atoms with Gasteiger partial charge in [-0.2, -0.15) is 0 Å². The molecule has 0 radical (unpaired) electrons. The minimum Gasteiger partial charge on any atom is -0.389 e. The number of nitrogens with zero attached hydrogens (tertiary/aromatic N) is 2. The average molecular weight is 263 g/mol. The second kappa shape index (κ2) is 5.24. The van der Waals surface area contributed by atoms with Gasteiger partial charge < -0.3 is 15.5 Å². The van der Waals surface area contributed by atoms with Crippen LogP contribution in [0.15, 0.2) is 18.2 Å². The molecule has 0 aliphatic carbocycles. The number of rotatable bonds is 2. The Kier molecular flexibility index (Phi) is 3.88. The van der Waals surface area contributed by atoms with E-state index in [9.17, 15) is 0 Å². The Morgan fingerprint density at radius 3 is 2.67 bits per heavy atom. The highest BCUT2D eigenvalue weighted by molar-refractivity contribution is 7.80. The molecule has 1 heterocycles. The van der Waals surface area contributed by atoms with Gasteiger partial charge in [0.2, 0.25) is 0 Å². The zero-order valence-electron chi connectivity index (χ0n) is 11.3. The number of hydrogen-bond donors (Lipinski definition) is 1. The fourth-order valence-corrected chi connectivity index (χ4v) is 2.86. The SMILES string of the molecule is Cc1cc(N2CCN(C)CC2C)ccc1C(N)=S. The van der Waals surface area contributed by atoms with Gasteiger partial charge in [-0.25, -0.2) is 0 Å². The van der Waals surface area contributed by atoms with Crippen LogP contribution in [-0.2, 0) is 0 Å². The van der Waals surface area contributed by atoms with Crippen molar-refractivity contribution in [3.8, 4) is 0 Å². The minimum absolute atomic E-state index is 0.477. The fourth-order valence-electron chi connectivity index (χ4n) is 2.63. The maximum absolute atomic E-state index is 5.70. The van der Waals surface area contributed by atoms with E-state index in [0.717, 1.165) is 30.8 Å². The zero-order valence-corrected chi connectivity index (χ0v) is 12.1. The first kappa shape index (κ1) is 13.3. The Morgan fingerprint density at radius 1 is 1.39 bits per heavy atom. The van der Waals surface area contributed by atoms with E-state index in [4.69, 9.17) is 18.0 Å². The highest BCUT2D eigenvalue weighted by Crippen LogP contribution is 2.23. The lowest BCUT2D eigenvalue weighted by molar-refractivity contribution is 0.275. The molecule has 1 aliphatic rings. The van der Waals surface area contributed by atoms with Crippen LogP contribution in [0.5, 0.6) is 0 Å². The molecular formula is C14H21N3S. The molecule has 1 aliphatic heterocycles. The lowest BCUT2D eigenvalue weighted by atomic mass is 10.1. The first-order valence-corrected chi connectivity index (χ1v) is 6.75. The van der Waals surface area contributed by atoms with Gasteiger partial charge in [0.15, 0.2) is 0 Å². The van der Waals surface area contributed by atoms with E-state index in [2.05, 4.69) is 42.8 Å². The molecule has 98 valence electrons. The smallest absolute Gasteiger partial charge is 0.104 e. The van der Waals surface area contributed by atoms with E-state index in [1.165, 1.54) is 5.69 Å². The number of benzene rings is 1. The highest BCUT2D eigenvalue weighted by Gasteiger charge is 2.21. The predicted molar refractivity (Wildman–Crippen MR) is 81.4 cm³/mol. The number of thiocarbonyl (C=S) groups is 1. The van der Waals surface area contributed by atoms with Crippen LogP contribution in [0.25, 0.3) is 0 Å². The molecule has 2 rings (SSSR count). The molecule has 1 atom stereocenters. The van der Waals surface area contributed by atoms with Gasteiger partial charge in [0, 0.05) is 36.9 Å². The van der Waals surface area contributed by atoms with E-state index in [0.29, 0.717) is 11.0 Å². The van der Waals surface area contributed by atoms with Gasteiger partial charge in [-0.1, -0.05) is 12.2 Å². The Bertz CT molecular complexity index is 458. The Labute approximate surface area is 115 Å². The topological polar surface area (TPSA) is 32.5 Å². The third-order valence-corrected chi connectivity index (χ3v) is 3.86. The number of aryl methyl sites for hydroxylation is 1. The van der Waals surface area contributed by atoms with Crippen molar-refractivity contribution in [2.24, 2.45) is 5.73 Å². The van der Waals surface area contributed by atoms with Gasteiger partial charge >= 0.3 is 0 Å². The summed E-state index contributed by atoms with van der Waals surface area (Å²) in [4.78, 5) is 5.30. The van der Waals surface area contributed by atoms with Gasteiger partial charge in [-0.3, -0.25) is 0 Å². The summed E-state index contributed by atoms with van der Waals surface area (Å²) in [6.45, 7) is 7.63. The monoisotopic (exact) mass is 263 g/mol. The van der Waals surface area contributed by atoms with Gasteiger partial charge in [0.05, 0.1) is 0 Å². The van der Waals surface area contributed by atoms with Crippen molar-refractivity contribution in [3.63, 3.8) is 0 Å². The maximum atomic E-state index is 5.70. The summed E-state index contributed by atoms with van der Waals surface area (Å²) in [6.07, 6.45) is 0. The van der Waals surface area contributed by atoms with Crippen LogP contribution >= 0.6 is 12.2 Å². The molecule has 4 heteroatoms. The molecule has 0 saturated carbocycles. The molecule has 0 spiro atoms. The van der Waals surface area contributed by atoms with E-state index in [1.54, 1.807) is 0 Å². The predicted octanol–water partition coefficient (Wildman–Crippen LogP) is 1.77. The van der Waals surface area contributed by atoms with Gasteiger partial charge in [0.25, 0.3) is 0 Å². The number of likely N-dealkylation sites (N-methyl/N-ethyl adjacent to an activating group) is 1. The summed E-state index contributed by atoms with van der Waals surface area (Å²) >= 11 is 5.05. The van der Waals surface area contributed by atoms with Crippen LogP contribution in [-0.4, -0.2) is 42.6 Å². The lowest BCUT2D eigenvalue weighted by Crippen LogP contribution is -2.50. The van der Waals surface area contributed by atoms with Crippen LogP contribution in [0, 0.1) is 6.92 Å². The third-order valence-electron chi connectivity index (χ3n) is 3.64. The van der Waals surface area contributed by atoms with Crippen molar-refractivity contribution < 1.29 is 0 Å². The molecule has 18 heavy (non-hydrogen) atoms. The largest absolute Gasteiger partial charge is 0.389 e. The van der Waals surface area contributed by atoms with E-state index < -0.39 is 0 Å². The maximum Gasteiger partial charge on any atom is 0.104 e. The molecule has 0 amide bonds. The standard InChI is InChI=1S/C14H21N3S/c1-10-8-12(4-5-13(10)14(15)18)17-7-6-16(3)9-11(17)2/h4-5,8,11H,6-7,9H2,1-3H3,(H2,15,18). The summed E-state index contributed by atoms with van der Waals surface area (Å²) in [5.41, 5.74) is 9.11. The normalized spacial score (nSPS) is 21.1.